The molecule has 0 radical (unpaired) electrons. The van der Waals surface area contributed by atoms with Gasteiger partial charge >= 0.3 is 5.97 Å². The van der Waals surface area contributed by atoms with Gasteiger partial charge in [0.15, 0.2) is 5.60 Å². The zero-order chi connectivity index (χ0) is 10.8. The van der Waals surface area contributed by atoms with E-state index in [0.29, 0.717) is 5.56 Å². The second-order valence-electron chi connectivity index (χ2n) is 3.07. The Bertz CT molecular complexity index is 347. The molecule has 0 aliphatic carbocycles. The summed E-state index contributed by atoms with van der Waals surface area (Å²) in [7, 11) is 1.24. The van der Waals surface area contributed by atoms with Crippen molar-refractivity contribution in [2.24, 2.45) is 0 Å². The van der Waals surface area contributed by atoms with E-state index in [-0.39, 0.29) is 0 Å². The van der Waals surface area contributed by atoms with Crippen molar-refractivity contribution in [1.29, 1.82) is 0 Å². The lowest BCUT2D eigenvalue weighted by Gasteiger charge is -2.20. The number of hydrogen-bond acceptors (Lipinski definition) is 3. The van der Waals surface area contributed by atoms with Gasteiger partial charge in [0.2, 0.25) is 0 Å². The number of esters is 1. The van der Waals surface area contributed by atoms with Gasteiger partial charge in [-0.1, -0.05) is 28.1 Å². The van der Waals surface area contributed by atoms with E-state index < -0.39 is 11.6 Å². The number of halogens is 1. The second-order valence-corrected chi connectivity index (χ2v) is 3.99. The molecule has 0 aromatic heterocycles. The van der Waals surface area contributed by atoms with E-state index >= 15 is 0 Å². The summed E-state index contributed by atoms with van der Waals surface area (Å²) >= 11 is 3.26. The molecule has 0 fully saturated rings. The number of ether oxygens (including phenoxy) is 1. The van der Waals surface area contributed by atoms with Gasteiger partial charge in [-0.2, -0.15) is 0 Å². The minimum Gasteiger partial charge on any atom is -0.467 e. The third-order valence-corrected chi connectivity index (χ3v) is 2.46. The Kier molecular flexibility index (Phi) is 3.29. The standard InChI is InChI=1S/C10H11BrO3/c1-10(13,9(12)14-2)7-4-3-5-8(11)6-7/h3-6,13H,1-2H3/t10-/m0/s1. The van der Waals surface area contributed by atoms with Crippen molar-refractivity contribution in [3.05, 3.63) is 34.3 Å². The highest BCUT2D eigenvalue weighted by atomic mass is 79.9. The number of carbonyl (C=O) groups excluding carboxylic acids is 1. The van der Waals surface area contributed by atoms with Gasteiger partial charge in [0.25, 0.3) is 0 Å². The fraction of sp³-hybridized carbons (Fsp3) is 0.300. The Morgan fingerprint density at radius 2 is 2.21 bits per heavy atom. The average Bonchev–Trinajstić information content (AvgIpc) is 2.16. The maximum absolute atomic E-state index is 11.3. The van der Waals surface area contributed by atoms with E-state index in [1.807, 2.05) is 6.07 Å². The summed E-state index contributed by atoms with van der Waals surface area (Å²) in [6.07, 6.45) is 0. The Hall–Kier alpha value is -0.870. The van der Waals surface area contributed by atoms with E-state index in [0.717, 1.165) is 4.47 Å². The SMILES string of the molecule is COC(=O)[C@@](C)(O)c1cccc(Br)c1. The molecule has 14 heavy (non-hydrogen) atoms. The van der Waals surface area contributed by atoms with Gasteiger partial charge in [0, 0.05) is 4.47 Å². The van der Waals surface area contributed by atoms with E-state index in [1.165, 1.54) is 14.0 Å². The van der Waals surface area contributed by atoms with Gasteiger partial charge in [-0.25, -0.2) is 4.79 Å². The molecule has 0 saturated heterocycles. The topological polar surface area (TPSA) is 46.5 Å². The summed E-state index contributed by atoms with van der Waals surface area (Å²) in [6.45, 7) is 1.40. The average molecular weight is 259 g/mol. The number of hydrogen-bond donors (Lipinski definition) is 1. The van der Waals surface area contributed by atoms with Crippen LogP contribution in [0.5, 0.6) is 0 Å². The molecule has 4 heteroatoms. The normalized spacial score (nSPS) is 14.6. The number of aliphatic hydroxyl groups is 1. The molecule has 0 saturated carbocycles. The third-order valence-electron chi connectivity index (χ3n) is 1.97. The Morgan fingerprint density at radius 1 is 1.57 bits per heavy atom. The first-order chi connectivity index (χ1) is 6.48. The van der Waals surface area contributed by atoms with Crippen molar-refractivity contribution in [2.75, 3.05) is 7.11 Å². The van der Waals surface area contributed by atoms with Crippen LogP contribution >= 0.6 is 15.9 Å². The second kappa shape index (κ2) is 4.11. The smallest absolute Gasteiger partial charge is 0.342 e. The van der Waals surface area contributed by atoms with Crippen LogP contribution in [0.3, 0.4) is 0 Å². The van der Waals surface area contributed by atoms with Crippen molar-refractivity contribution >= 4 is 21.9 Å². The number of carbonyl (C=O) groups is 1. The predicted molar refractivity (Wildman–Crippen MR) is 55.7 cm³/mol. The minimum absolute atomic E-state index is 0.499. The lowest BCUT2D eigenvalue weighted by Crippen LogP contribution is -2.33. The van der Waals surface area contributed by atoms with Crippen LogP contribution in [0.4, 0.5) is 0 Å². The largest absolute Gasteiger partial charge is 0.467 e. The molecule has 1 N–H and O–H groups in total. The van der Waals surface area contributed by atoms with Crippen molar-refractivity contribution in [3.8, 4) is 0 Å². The first-order valence-corrected chi connectivity index (χ1v) is 4.84. The predicted octanol–water partition coefficient (Wildman–Crippen LogP) is 1.83. The van der Waals surface area contributed by atoms with Crippen LogP contribution in [0.15, 0.2) is 28.7 Å². The van der Waals surface area contributed by atoms with Crippen LogP contribution in [-0.4, -0.2) is 18.2 Å². The zero-order valence-electron chi connectivity index (χ0n) is 7.95. The first-order valence-electron chi connectivity index (χ1n) is 4.05. The molecule has 3 nitrogen and oxygen atoms in total. The van der Waals surface area contributed by atoms with Crippen LogP contribution in [0.2, 0.25) is 0 Å². The molecule has 0 bridgehead atoms. The van der Waals surface area contributed by atoms with Gasteiger partial charge in [0.05, 0.1) is 7.11 Å². The summed E-state index contributed by atoms with van der Waals surface area (Å²) in [4.78, 5) is 11.3. The third kappa shape index (κ3) is 2.13. The van der Waals surface area contributed by atoms with Crippen LogP contribution in [0.25, 0.3) is 0 Å². The molecular weight excluding hydrogens is 248 g/mol. The lowest BCUT2D eigenvalue weighted by atomic mass is 9.96. The van der Waals surface area contributed by atoms with E-state index in [2.05, 4.69) is 20.7 Å². The van der Waals surface area contributed by atoms with Gasteiger partial charge in [-0.05, 0) is 24.6 Å². The van der Waals surface area contributed by atoms with Crippen molar-refractivity contribution in [2.45, 2.75) is 12.5 Å². The molecule has 1 rings (SSSR count). The fourth-order valence-corrected chi connectivity index (χ4v) is 1.51. The van der Waals surface area contributed by atoms with Gasteiger partial charge < -0.3 is 9.84 Å². The molecule has 0 aliphatic heterocycles. The maximum atomic E-state index is 11.3. The summed E-state index contributed by atoms with van der Waals surface area (Å²) in [5, 5.41) is 9.88. The van der Waals surface area contributed by atoms with Gasteiger partial charge in [0.1, 0.15) is 0 Å². The molecule has 0 heterocycles. The van der Waals surface area contributed by atoms with E-state index in [4.69, 9.17) is 0 Å². The minimum atomic E-state index is -1.60. The van der Waals surface area contributed by atoms with E-state index in [9.17, 15) is 9.90 Å². The van der Waals surface area contributed by atoms with Crippen molar-refractivity contribution in [3.63, 3.8) is 0 Å². The molecule has 0 unspecified atom stereocenters. The number of rotatable bonds is 2. The van der Waals surface area contributed by atoms with Crippen molar-refractivity contribution in [1.82, 2.24) is 0 Å². The monoisotopic (exact) mass is 258 g/mol. The highest BCUT2D eigenvalue weighted by Gasteiger charge is 2.33. The zero-order valence-corrected chi connectivity index (χ0v) is 9.54. The fourth-order valence-electron chi connectivity index (χ4n) is 1.11. The molecule has 1 atom stereocenters. The Balaban J connectivity index is 3.09. The van der Waals surface area contributed by atoms with Crippen LogP contribution < -0.4 is 0 Å². The van der Waals surface area contributed by atoms with Crippen LogP contribution in [0, 0.1) is 0 Å². The summed E-state index contributed by atoms with van der Waals surface area (Å²) in [5.74, 6) is -0.671. The molecule has 1 aromatic rings. The molecule has 0 spiro atoms. The summed E-state index contributed by atoms with van der Waals surface area (Å²) in [6, 6.07) is 6.91. The van der Waals surface area contributed by atoms with Gasteiger partial charge in [-0.15, -0.1) is 0 Å². The maximum Gasteiger partial charge on any atom is 0.342 e. The van der Waals surface area contributed by atoms with Crippen LogP contribution in [-0.2, 0) is 15.1 Å². The highest BCUT2D eigenvalue weighted by molar-refractivity contribution is 9.10. The van der Waals surface area contributed by atoms with E-state index in [1.54, 1.807) is 18.2 Å². The molecule has 1 aromatic carbocycles. The highest BCUT2D eigenvalue weighted by Crippen LogP contribution is 2.24. The van der Waals surface area contributed by atoms with Crippen LogP contribution in [0.1, 0.15) is 12.5 Å². The number of benzene rings is 1. The Morgan fingerprint density at radius 3 is 2.71 bits per heavy atom. The number of methoxy groups -OCH3 is 1. The molecule has 0 aliphatic rings. The molecule has 0 amide bonds. The molecular formula is C10H11BrO3. The Labute approximate surface area is 90.8 Å². The van der Waals surface area contributed by atoms with Gasteiger partial charge in [-0.3, -0.25) is 0 Å². The molecule has 76 valence electrons. The quantitative estimate of drug-likeness (QED) is 0.824. The summed E-state index contributed by atoms with van der Waals surface area (Å²) < 4.78 is 5.31. The lowest BCUT2D eigenvalue weighted by molar-refractivity contribution is -0.161. The summed E-state index contributed by atoms with van der Waals surface area (Å²) in [5.41, 5.74) is -1.10. The van der Waals surface area contributed by atoms with Crippen molar-refractivity contribution < 1.29 is 14.6 Å². The first kappa shape index (κ1) is 11.2.